The van der Waals surface area contributed by atoms with Gasteiger partial charge in [-0.3, -0.25) is 9.28 Å². The van der Waals surface area contributed by atoms with Crippen molar-refractivity contribution in [3.8, 4) is 6.07 Å². The fourth-order valence-corrected chi connectivity index (χ4v) is 3.51. The Balaban J connectivity index is 2.59. The van der Waals surface area contributed by atoms with Crippen molar-refractivity contribution >= 4 is 39.1 Å². The molecule has 100 valence electrons. The number of hydrogen-bond acceptors (Lipinski definition) is 2. The zero-order valence-corrected chi connectivity index (χ0v) is 12.6. The average Bonchev–Trinajstić information content (AvgIpc) is 2.77. The topological polar surface area (TPSA) is 66.9 Å². The lowest BCUT2D eigenvalue weighted by molar-refractivity contribution is -0.121. The predicted molar refractivity (Wildman–Crippen MR) is 78.5 cm³/mol. The molecule has 2 N–H and O–H groups in total. The number of nitriles is 1. The van der Waals surface area contributed by atoms with Gasteiger partial charge in [-0.25, -0.2) is 0 Å². The lowest BCUT2D eigenvalue weighted by Gasteiger charge is -2.36. The number of benzene rings is 1. The van der Waals surface area contributed by atoms with Crippen LogP contribution in [-0.2, 0) is 4.79 Å². The van der Waals surface area contributed by atoms with Gasteiger partial charge in [0.05, 0.1) is 6.54 Å². The molecule has 1 fully saturated rings. The van der Waals surface area contributed by atoms with Crippen molar-refractivity contribution in [1.29, 1.82) is 5.26 Å². The lowest BCUT2D eigenvalue weighted by atomic mass is 10.1. The highest BCUT2D eigenvalue weighted by Crippen LogP contribution is 2.40. The minimum atomic E-state index is -0.383. The molecule has 1 aliphatic heterocycles. The number of hydrogen-bond donors (Lipinski definition) is 1. The van der Waals surface area contributed by atoms with Gasteiger partial charge in [0.1, 0.15) is 11.1 Å². The molecule has 0 bridgehead atoms. The summed E-state index contributed by atoms with van der Waals surface area (Å²) in [5, 5.41) is 9.70. The number of likely N-dealkylation sites (tertiary alicyclic amines) is 1. The molecule has 0 spiro atoms. The van der Waals surface area contributed by atoms with Crippen LogP contribution in [-0.4, -0.2) is 25.0 Å². The van der Waals surface area contributed by atoms with E-state index in [1.165, 1.54) is 0 Å². The number of amides is 1. The Morgan fingerprint density at radius 3 is 3.00 bits per heavy atom. The Morgan fingerprint density at radius 1 is 1.63 bits per heavy atom. The first-order valence-electron chi connectivity index (χ1n) is 6.00. The predicted octanol–water partition coefficient (Wildman–Crippen LogP) is 2.58. The Morgan fingerprint density at radius 2 is 2.37 bits per heavy atom. The van der Waals surface area contributed by atoms with Crippen LogP contribution in [0.15, 0.2) is 22.7 Å². The van der Waals surface area contributed by atoms with Gasteiger partial charge < -0.3 is 5.73 Å². The van der Waals surface area contributed by atoms with Crippen LogP contribution in [0.5, 0.6) is 0 Å². The first-order valence-corrected chi connectivity index (χ1v) is 7.17. The van der Waals surface area contributed by atoms with Gasteiger partial charge in [0.15, 0.2) is 18.3 Å². The van der Waals surface area contributed by atoms with E-state index in [0.717, 1.165) is 16.6 Å². The highest BCUT2D eigenvalue weighted by atomic mass is 79.9. The summed E-state index contributed by atoms with van der Waals surface area (Å²) in [4.78, 5) is 11.7. The molecule has 2 atom stereocenters. The smallest absolute Gasteiger partial charge is 0.276 e. The fourth-order valence-electron chi connectivity index (χ4n) is 2.87. The van der Waals surface area contributed by atoms with E-state index in [1.54, 1.807) is 6.07 Å². The number of halogens is 2. The lowest BCUT2D eigenvalue weighted by Crippen LogP contribution is -2.58. The summed E-state index contributed by atoms with van der Waals surface area (Å²) in [7, 11) is 0. The molecule has 1 aliphatic rings. The summed E-state index contributed by atoms with van der Waals surface area (Å²) in [5.41, 5.74) is 6.30. The highest BCUT2D eigenvalue weighted by Gasteiger charge is 2.48. The number of carbonyl (C=O) groups excluding carboxylic acids is 1. The van der Waals surface area contributed by atoms with Crippen LogP contribution < -0.4 is 10.2 Å². The molecule has 4 nitrogen and oxygen atoms in total. The molecule has 1 amide bonds. The Kier molecular flexibility index (Phi) is 4.14. The van der Waals surface area contributed by atoms with Gasteiger partial charge >= 0.3 is 0 Å². The third kappa shape index (κ3) is 2.48. The van der Waals surface area contributed by atoms with Crippen LogP contribution in [0.2, 0.25) is 5.02 Å². The molecule has 0 radical (unpaired) electrons. The van der Waals surface area contributed by atoms with Gasteiger partial charge in [0.25, 0.3) is 5.91 Å². The third-order valence-electron chi connectivity index (χ3n) is 3.70. The molecule has 19 heavy (non-hydrogen) atoms. The maximum Gasteiger partial charge on any atom is 0.276 e. The summed E-state index contributed by atoms with van der Waals surface area (Å²) in [5.74, 6) is -0.371. The van der Waals surface area contributed by atoms with Crippen molar-refractivity contribution < 1.29 is 4.79 Å². The van der Waals surface area contributed by atoms with Crippen molar-refractivity contribution in [2.45, 2.75) is 18.9 Å². The summed E-state index contributed by atoms with van der Waals surface area (Å²) >= 11 is 9.68. The second-order valence-corrected chi connectivity index (χ2v) is 6.05. The van der Waals surface area contributed by atoms with E-state index in [-0.39, 0.29) is 23.0 Å². The summed E-state index contributed by atoms with van der Waals surface area (Å²) < 4.78 is 1.11. The number of primary amides is 1. The molecule has 1 aromatic carbocycles. The van der Waals surface area contributed by atoms with Gasteiger partial charge in [0.2, 0.25) is 0 Å². The summed E-state index contributed by atoms with van der Waals surface area (Å²) in [6.45, 7) is 0.904. The molecule has 0 aliphatic carbocycles. The number of nitrogens with two attached hydrogens (primary N) is 1. The van der Waals surface area contributed by atoms with Gasteiger partial charge in [-0.05, 0) is 12.1 Å². The SMILES string of the molecule is N#CC[N+]1(c2cc(Br)ccc2Cl)CCC[C@@H]1C(N)=O. The normalized spacial score (nSPS) is 26.1. The maximum atomic E-state index is 11.7. The van der Waals surface area contributed by atoms with Crippen molar-refractivity contribution in [3.05, 3.63) is 27.7 Å². The first kappa shape index (κ1) is 14.3. The van der Waals surface area contributed by atoms with E-state index >= 15 is 0 Å². The third-order valence-corrected chi connectivity index (χ3v) is 4.51. The van der Waals surface area contributed by atoms with Crippen molar-refractivity contribution in [3.63, 3.8) is 0 Å². The molecule has 0 saturated carbocycles. The standard InChI is InChI=1S/C13H13BrClN3O/c14-9-3-4-10(15)12(8-9)18(7-5-16)6-1-2-11(18)13(17)19/h3-4,8,11H,1-2,6-7H2,(H-,17,19)/p+1/t11-,18?/m1/s1. The van der Waals surface area contributed by atoms with Crippen LogP contribution in [0, 0.1) is 11.3 Å². The average molecular weight is 344 g/mol. The van der Waals surface area contributed by atoms with E-state index < -0.39 is 0 Å². The van der Waals surface area contributed by atoms with Crippen LogP contribution >= 0.6 is 27.5 Å². The Labute approximate surface area is 125 Å². The maximum absolute atomic E-state index is 11.7. The molecular formula is C13H14BrClN3O+. The van der Waals surface area contributed by atoms with Crippen LogP contribution in [0.1, 0.15) is 12.8 Å². The number of nitrogens with zero attached hydrogens (tertiary/aromatic N) is 2. The number of rotatable bonds is 3. The summed E-state index contributed by atoms with van der Waals surface area (Å²) in [6.07, 6.45) is 1.55. The van der Waals surface area contributed by atoms with Crippen LogP contribution in [0.25, 0.3) is 0 Å². The quantitative estimate of drug-likeness (QED) is 0.677. The van der Waals surface area contributed by atoms with E-state index in [2.05, 4.69) is 22.0 Å². The van der Waals surface area contributed by atoms with Gasteiger partial charge in [-0.15, -0.1) is 0 Å². The Hall–Kier alpha value is -1.09. The molecule has 6 heteroatoms. The van der Waals surface area contributed by atoms with E-state index in [1.807, 2.05) is 12.1 Å². The molecule has 1 heterocycles. The second kappa shape index (κ2) is 5.49. The van der Waals surface area contributed by atoms with Gasteiger partial charge in [0, 0.05) is 23.4 Å². The van der Waals surface area contributed by atoms with Crippen LogP contribution in [0.3, 0.4) is 0 Å². The first-order chi connectivity index (χ1) is 9.01. The Bertz CT molecular complexity index is 557. The van der Waals surface area contributed by atoms with Crippen molar-refractivity contribution in [1.82, 2.24) is 4.48 Å². The fraction of sp³-hybridized carbons (Fsp3) is 0.385. The van der Waals surface area contributed by atoms with Gasteiger partial charge in [-0.2, -0.15) is 5.26 Å². The number of quaternary nitrogens is 1. The monoisotopic (exact) mass is 342 g/mol. The minimum Gasteiger partial charge on any atom is -0.364 e. The molecule has 2 rings (SSSR count). The minimum absolute atomic E-state index is 0.198. The molecular weight excluding hydrogens is 330 g/mol. The molecule has 0 aromatic heterocycles. The molecule has 1 aromatic rings. The van der Waals surface area contributed by atoms with Crippen molar-refractivity contribution in [2.24, 2.45) is 5.73 Å². The van der Waals surface area contributed by atoms with Gasteiger partial charge in [-0.1, -0.05) is 27.5 Å². The molecule has 1 unspecified atom stereocenters. The second-order valence-electron chi connectivity index (χ2n) is 4.73. The summed E-state index contributed by atoms with van der Waals surface area (Å²) in [6, 6.07) is 7.27. The largest absolute Gasteiger partial charge is 0.364 e. The molecule has 1 saturated heterocycles. The van der Waals surface area contributed by atoms with E-state index in [4.69, 9.17) is 22.6 Å². The number of carbonyl (C=O) groups is 1. The highest BCUT2D eigenvalue weighted by molar-refractivity contribution is 9.10. The zero-order chi connectivity index (χ0) is 14.0. The van der Waals surface area contributed by atoms with E-state index in [9.17, 15) is 4.79 Å². The van der Waals surface area contributed by atoms with E-state index in [0.29, 0.717) is 18.0 Å². The van der Waals surface area contributed by atoms with Crippen LogP contribution in [0.4, 0.5) is 5.69 Å². The zero-order valence-electron chi connectivity index (χ0n) is 10.3. The van der Waals surface area contributed by atoms with Crippen molar-refractivity contribution in [2.75, 3.05) is 13.1 Å².